The summed E-state index contributed by atoms with van der Waals surface area (Å²) < 4.78 is 47.4. The van der Waals surface area contributed by atoms with Crippen LogP contribution in [0.1, 0.15) is 41.6 Å². The lowest BCUT2D eigenvalue weighted by molar-refractivity contribution is 0.0600. The summed E-state index contributed by atoms with van der Waals surface area (Å²) in [7, 11) is -2.64. The van der Waals surface area contributed by atoms with Crippen molar-refractivity contribution >= 4 is 27.6 Å². The molecule has 1 aliphatic rings. The highest BCUT2D eigenvalue weighted by Crippen LogP contribution is 2.31. The first-order valence-corrected chi connectivity index (χ1v) is 11.2. The Balaban J connectivity index is 1.95. The highest BCUT2D eigenvalue weighted by Gasteiger charge is 2.38. The van der Waals surface area contributed by atoms with Crippen molar-refractivity contribution in [1.29, 1.82) is 0 Å². The third-order valence-corrected chi connectivity index (χ3v) is 7.29. The molecule has 0 aromatic heterocycles. The minimum absolute atomic E-state index is 0.0114. The molecule has 3 rings (SSSR count). The van der Waals surface area contributed by atoms with Crippen LogP contribution in [0, 0.1) is 0 Å². The smallest absolute Gasteiger partial charge is 0.337 e. The van der Waals surface area contributed by atoms with Gasteiger partial charge >= 0.3 is 5.97 Å². The molecular weight excluding hydrogens is 417 g/mol. The van der Waals surface area contributed by atoms with Gasteiger partial charge in [0.2, 0.25) is 10.0 Å². The van der Waals surface area contributed by atoms with Gasteiger partial charge in [0.05, 0.1) is 23.6 Å². The molecule has 0 spiro atoms. The van der Waals surface area contributed by atoms with Crippen LogP contribution in [0.5, 0.6) is 0 Å². The van der Waals surface area contributed by atoms with E-state index in [2.05, 4.69) is 4.74 Å². The Morgan fingerprint density at radius 2 is 1.72 bits per heavy atom. The second-order valence-electron chi connectivity index (χ2n) is 7.06. The summed E-state index contributed by atoms with van der Waals surface area (Å²) >= 11 is 5.89. The van der Waals surface area contributed by atoms with Crippen LogP contribution in [0.25, 0.3) is 0 Å². The minimum Gasteiger partial charge on any atom is -0.465 e. The van der Waals surface area contributed by atoms with Gasteiger partial charge in [-0.15, -0.1) is 0 Å². The second-order valence-corrected chi connectivity index (χ2v) is 9.39. The van der Waals surface area contributed by atoms with Crippen molar-refractivity contribution in [1.82, 2.24) is 4.31 Å². The summed E-state index contributed by atoms with van der Waals surface area (Å²) in [6.07, 6.45) is 1.12. The predicted molar refractivity (Wildman–Crippen MR) is 109 cm³/mol. The van der Waals surface area contributed by atoms with E-state index in [4.69, 9.17) is 11.6 Å². The summed E-state index contributed by atoms with van der Waals surface area (Å²) in [6.45, 7) is 0.0114. The van der Waals surface area contributed by atoms with Gasteiger partial charge in [-0.3, -0.25) is 0 Å². The van der Waals surface area contributed by atoms with Crippen molar-refractivity contribution in [3.8, 4) is 0 Å². The van der Waals surface area contributed by atoms with E-state index in [9.17, 15) is 17.6 Å². The van der Waals surface area contributed by atoms with Gasteiger partial charge in [0.1, 0.15) is 6.17 Å². The summed E-state index contributed by atoms with van der Waals surface area (Å²) in [5, 5.41) is 0.426. The molecule has 0 aliphatic heterocycles. The fraction of sp³-hybridized carbons (Fsp3) is 0.381. The molecule has 0 heterocycles. The molecule has 8 heteroatoms. The van der Waals surface area contributed by atoms with Gasteiger partial charge in [-0.2, -0.15) is 4.31 Å². The molecule has 0 bridgehead atoms. The topological polar surface area (TPSA) is 63.7 Å². The van der Waals surface area contributed by atoms with Crippen LogP contribution in [0.2, 0.25) is 5.02 Å². The number of methoxy groups -OCH3 is 1. The molecule has 0 amide bonds. The molecule has 1 aliphatic carbocycles. The van der Waals surface area contributed by atoms with Crippen LogP contribution in [0.15, 0.2) is 53.4 Å². The molecule has 1 saturated carbocycles. The standard InChI is InChI=1S/C21H23ClFNO4S/c1-28-21(25)16-8-6-15(7-9-16)14-24(20-5-3-2-4-19(20)23)29(26,27)18-12-10-17(22)11-13-18/h6-13,19-20H,2-5,14H2,1H3/t19-,20-/m1/s1. The number of hydrogen-bond donors (Lipinski definition) is 0. The molecule has 2 aromatic carbocycles. The van der Waals surface area contributed by atoms with Gasteiger partial charge in [-0.1, -0.05) is 36.6 Å². The minimum atomic E-state index is -3.94. The number of carbonyl (C=O) groups excluding carboxylic acids is 1. The Labute approximate surface area is 175 Å². The number of sulfonamides is 1. The average molecular weight is 440 g/mol. The second kappa shape index (κ2) is 9.24. The number of hydrogen-bond acceptors (Lipinski definition) is 4. The molecule has 1 fully saturated rings. The Morgan fingerprint density at radius 1 is 1.10 bits per heavy atom. The van der Waals surface area contributed by atoms with E-state index in [0.717, 1.165) is 12.8 Å². The Morgan fingerprint density at radius 3 is 2.31 bits per heavy atom. The number of ether oxygens (including phenoxy) is 1. The molecule has 0 unspecified atom stereocenters. The monoisotopic (exact) mass is 439 g/mol. The Kier molecular flexibility index (Phi) is 6.93. The number of carbonyl (C=O) groups is 1. The summed E-state index contributed by atoms with van der Waals surface area (Å²) in [6, 6.07) is 11.6. The number of rotatable bonds is 6. The van der Waals surface area contributed by atoms with E-state index >= 15 is 0 Å². The van der Waals surface area contributed by atoms with E-state index in [1.54, 1.807) is 24.3 Å². The maximum Gasteiger partial charge on any atom is 0.337 e. The lowest BCUT2D eigenvalue weighted by Crippen LogP contribution is -2.46. The highest BCUT2D eigenvalue weighted by molar-refractivity contribution is 7.89. The van der Waals surface area contributed by atoms with Crippen LogP contribution >= 0.6 is 11.6 Å². The maximum atomic E-state index is 14.7. The van der Waals surface area contributed by atoms with Gasteiger partial charge in [0, 0.05) is 11.6 Å². The van der Waals surface area contributed by atoms with Crippen LogP contribution < -0.4 is 0 Å². The normalized spacial score (nSPS) is 19.9. The largest absolute Gasteiger partial charge is 0.465 e. The Bertz CT molecular complexity index is 948. The quantitative estimate of drug-likeness (QED) is 0.617. The fourth-order valence-electron chi connectivity index (χ4n) is 3.56. The molecule has 5 nitrogen and oxygen atoms in total. The third-order valence-electron chi connectivity index (χ3n) is 5.15. The van der Waals surface area contributed by atoms with E-state index in [0.29, 0.717) is 29.0 Å². The first-order chi connectivity index (χ1) is 13.8. The zero-order chi connectivity index (χ0) is 21.0. The summed E-state index contributed by atoms with van der Waals surface area (Å²) in [4.78, 5) is 11.7. The van der Waals surface area contributed by atoms with Crippen molar-refractivity contribution in [2.75, 3.05) is 7.11 Å². The van der Waals surface area contributed by atoms with Gasteiger partial charge in [0.25, 0.3) is 0 Å². The number of nitrogens with zero attached hydrogens (tertiary/aromatic N) is 1. The molecule has 29 heavy (non-hydrogen) atoms. The SMILES string of the molecule is COC(=O)c1ccc(CN([C@@H]2CCCC[C@H]2F)S(=O)(=O)c2ccc(Cl)cc2)cc1. The Hall–Kier alpha value is -1.96. The predicted octanol–water partition coefficient (Wildman–Crippen LogP) is 4.60. The van der Waals surface area contributed by atoms with Crippen molar-refractivity contribution in [3.63, 3.8) is 0 Å². The zero-order valence-electron chi connectivity index (χ0n) is 16.1. The number of esters is 1. The summed E-state index contributed by atoms with van der Waals surface area (Å²) in [5.74, 6) is -0.474. The van der Waals surface area contributed by atoms with Crippen molar-refractivity contribution < 1.29 is 22.3 Å². The maximum absolute atomic E-state index is 14.7. The number of halogens is 2. The molecule has 0 saturated heterocycles. The number of benzene rings is 2. The number of alkyl halides is 1. The average Bonchev–Trinajstić information content (AvgIpc) is 2.73. The van der Waals surface area contributed by atoms with E-state index in [1.807, 2.05) is 0 Å². The lowest BCUT2D eigenvalue weighted by atomic mass is 9.93. The third kappa shape index (κ3) is 4.97. The van der Waals surface area contributed by atoms with Gasteiger partial charge in [0.15, 0.2) is 0 Å². The molecular formula is C21H23ClFNO4S. The molecule has 0 radical (unpaired) electrons. The van der Waals surface area contributed by atoms with Crippen LogP contribution in [0.3, 0.4) is 0 Å². The van der Waals surface area contributed by atoms with Gasteiger partial charge in [-0.25, -0.2) is 17.6 Å². The molecule has 156 valence electrons. The van der Waals surface area contributed by atoms with Crippen molar-refractivity contribution in [2.24, 2.45) is 0 Å². The van der Waals surface area contributed by atoms with E-state index in [1.165, 1.54) is 35.7 Å². The van der Waals surface area contributed by atoms with E-state index < -0.39 is 28.2 Å². The van der Waals surface area contributed by atoms with Crippen molar-refractivity contribution in [3.05, 3.63) is 64.7 Å². The first kappa shape index (κ1) is 21.7. The van der Waals surface area contributed by atoms with Crippen LogP contribution in [-0.4, -0.2) is 38.0 Å². The first-order valence-electron chi connectivity index (χ1n) is 9.41. The van der Waals surface area contributed by atoms with Gasteiger partial charge in [-0.05, 0) is 54.8 Å². The van der Waals surface area contributed by atoms with E-state index in [-0.39, 0.29) is 11.4 Å². The van der Waals surface area contributed by atoms with Gasteiger partial charge < -0.3 is 4.74 Å². The molecule has 2 atom stereocenters. The summed E-state index contributed by atoms with van der Waals surface area (Å²) in [5.41, 5.74) is 1.03. The van der Waals surface area contributed by atoms with Crippen molar-refractivity contribution in [2.45, 2.75) is 49.3 Å². The highest BCUT2D eigenvalue weighted by atomic mass is 35.5. The van der Waals surface area contributed by atoms with Crippen LogP contribution in [0.4, 0.5) is 4.39 Å². The van der Waals surface area contributed by atoms with Crippen LogP contribution in [-0.2, 0) is 21.3 Å². The molecule has 0 N–H and O–H groups in total. The zero-order valence-corrected chi connectivity index (χ0v) is 17.6. The molecule has 2 aromatic rings. The fourth-order valence-corrected chi connectivity index (χ4v) is 5.35. The lowest BCUT2D eigenvalue weighted by Gasteiger charge is -2.35.